The van der Waals surface area contributed by atoms with Crippen LogP contribution in [0, 0.1) is 12.8 Å². The molecule has 2 heteroatoms. The van der Waals surface area contributed by atoms with Gasteiger partial charge in [0.05, 0.1) is 0 Å². The summed E-state index contributed by atoms with van der Waals surface area (Å²) in [5.74, 6) is 0.563. The van der Waals surface area contributed by atoms with Crippen LogP contribution in [0.5, 0.6) is 0 Å². The fourth-order valence-electron chi connectivity index (χ4n) is 2.06. The van der Waals surface area contributed by atoms with Crippen molar-refractivity contribution in [2.45, 2.75) is 46.2 Å². The third-order valence-corrected chi connectivity index (χ3v) is 3.86. The van der Waals surface area contributed by atoms with Gasteiger partial charge >= 0.3 is 0 Å². The van der Waals surface area contributed by atoms with E-state index in [2.05, 4.69) is 63.9 Å². The Morgan fingerprint density at radius 2 is 1.89 bits per heavy atom. The molecule has 0 aliphatic carbocycles. The second-order valence-electron chi connectivity index (χ2n) is 5.77. The molecule has 2 atom stereocenters. The van der Waals surface area contributed by atoms with E-state index < -0.39 is 0 Å². The summed E-state index contributed by atoms with van der Waals surface area (Å²) in [7, 11) is 2.18. The van der Waals surface area contributed by atoms with Gasteiger partial charge < -0.3 is 5.73 Å². The van der Waals surface area contributed by atoms with Crippen LogP contribution in [0.3, 0.4) is 0 Å². The zero-order valence-corrected chi connectivity index (χ0v) is 12.5. The first-order chi connectivity index (χ1) is 8.41. The van der Waals surface area contributed by atoms with E-state index in [0.29, 0.717) is 18.0 Å². The quantitative estimate of drug-likeness (QED) is 0.836. The minimum Gasteiger partial charge on any atom is -0.327 e. The monoisotopic (exact) mass is 248 g/mol. The molecular weight excluding hydrogens is 220 g/mol. The molecule has 2 nitrogen and oxygen atoms in total. The molecule has 0 fully saturated rings. The standard InChI is InChI=1S/C16H28N2/c1-12(2)16(17)9-10-18(5)14(4)15-8-6-7-13(3)11-15/h6-8,11-12,14,16H,9-10,17H2,1-5H3. The number of hydrogen-bond donors (Lipinski definition) is 1. The zero-order valence-electron chi connectivity index (χ0n) is 12.5. The highest BCUT2D eigenvalue weighted by Crippen LogP contribution is 2.20. The fourth-order valence-corrected chi connectivity index (χ4v) is 2.06. The lowest BCUT2D eigenvalue weighted by atomic mass is 10.0. The molecule has 102 valence electrons. The predicted octanol–water partition coefficient (Wildman–Crippen LogP) is 3.36. The van der Waals surface area contributed by atoms with Crippen LogP contribution in [-0.2, 0) is 0 Å². The zero-order chi connectivity index (χ0) is 13.7. The van der Waals surface area contributed by atoms with E-state index in [0.717, 1.165) is 13.0 Å². The van der Waals surface area contributed by atoms with E-state index in [1.807, 2.05) is 0 Å². The van der Waals surface area contributed by atoms with Crippen LogP contribution in [0.15, 0.2) is 24.3 Å². The molecule has 0 aliphatic heterocycles. The summed E-state index contributed by atoms with van der Waals surface area (Å²) < 4.78 is 0. The number of benzene rings is 1. The highest BCUT2D eigenvalue weighted by atomic mass is 15.1. The molecule has 0 spiro atoms. The molecule has 0 saturated carbocycles. The second kappa shape index (κ2) is 6.91. The van der Waals surface area contributed by atoms with Crippen molar-refractivity contribution < 1.29 is 0 Å². The molecule has 0 aromatic heterocycles. The van der Waals surface area contributed by atoms with Gasteiger partial charge in [-0.3, -0.25) is 4.90 Å². The number of nitrogens with zero attached hydrogens (tertiary/aromatic N) is 1. The fraction of sp³-hybridized carbons (Fsp3) is 0.625. The van der Waals surface area contributed by atoms with Crippen LogP contribution in [0.1, 0.15) is 44.4 Å². The van der Waals surface area contributed by atoms with Gasteiger partial charge in [0.1, 0.15) is 0 Å². The van der Waals surface area contributed by atoms with Crippen molar-refractivity contribution in [1.29, 1.82) is 0 Å². The van der Waals surface area contributed by atoms with E-state index in [1.54, 1.807) is 0 Å². The highest BCUT2D eigenvalue weighted by molar-refractivity contribution is 5.24. The first-order valence-electron chi connectivity index (χ1n) is 6.94. The van der Waals surface area contributed by atoms with Crippen LogP contribution in [0.4, 0.5) is 0 Å². The van der Waals surface area contributed by atoms with Gasteiger partial charge in [-0.25, -0.2) is 0 Å². The van der Waals surface area contributed by atoms with Gasteiger partial charge in [0, 0.05) is 12.1 Å². The topological polar surface area (TPSA) is 29.3 Å². The Bertz CT molecular complexity index is 360. The van der Waals surface area contributed by atoms with Gasteiger partial charge in [-0.1, -0.05) is 43.7 Å². The molecular formula is C16H28N2. The number of hydrogen-bond acceptors (Lipinski definition) is 2. The van der Waals surface area contributed by atoms with Crippen LogP contribution >= 0.6 is 0 Å². The Balaban J connectivity index is 2.53. The van der Waals surface area contributed by atoms with Crippen molar-refractivity contribution in [3.05, 3.63) is 35.4 Å². The van der Waals surface area contributed by atoms with Gasteiger partial charge in [0.25, 0.3) is 0 Å². The second-order valence-corrected chi connectivity index (χ2v) is 5.77. The maximum Gasteiger partial charge on any atom is 0.0316 e. The molecule has 2 N–H and O–H groups in total. The lowest BCUT2D eigenvalue weighted by molar-refractivity contribution is 0.243. The Hall–Kier alpha value is -0.860. The summed E-state index contributed by atoms with van der Waals surface area (Å²) in [5, 5.41) is 0. The van der Waals surface area contributed by atoms with Gasteiger partial charge in [-0.15, -0.1) is 0 Å². The summed E-state index contributed by atoms with van der Waals surface area (Å²) >= 11 is 0. The van der Waals surface area contributed by atoms with Crippen LogP contribution in [0.2, 0.25) is 0 Å². The van der Waals surface area contributed by atoms with Crippen molar-refractivity contribution in [2.75, 3.05) is 13.6 Å². The van der Waals surface area contributed by atoms with Crippen molar-refractivity contribution in [2.24, 2.45) is 11.7 Å². The lowest BCUT2D eigenvalue weighted by Crippen LogP contribution is -2.32. The van der Waals surface area contributed by atoms with E-state index >= 15 is 0 Å². The average Bonchev–Trinajstić information content (AvgIpc) is 2.34. The molecule has 0 radical (unpaired) electrons. The summed E-state index contributed by atoms with van der Waals surface area (Å²) in [6, 6.07) is 9.50. The Labute approximate surface area is 112 Å². The summed E-state index contributed by atoms with van der Waals surface area (Å²) in [5.41, 5.74) is 8.81. The lowest BCUT2D eigenvalue weighted by Gasteiger charge is -2.27. The molecule has 1 aromatic rings. The van der Waals surface area contributed by atoms with E-state index in [9.17, 15) is 0 Å². The molecule has 0 bridgehead atoms. The maximum atomic E-state index is 6.10. The van der Waals surface area contributed by atoms with Crippen molar-refractivity contribution in [3.63, 3.8) is 0 Å². The van der Waals surface area contributed by atoms with E-state index in [4.69, 9.17) is 5.73 Å². The first kappa shape index (κ1) is 15.2. The minimum absolute atomic E-state index is 0.303. The highest BCUT2D eigenvalue weighted by Gasteiger charge is 2.14. The third kappa shape index (κ3) is 4.43. The van der Waals surface area contributed by atoms with Crippen LogP contribution in [-0.4, -0.2) is 24.5 Å². The number of aryl methyl sites for hydroxylation is 1. The largest absolute Gasteiger partial charge is 0.327 e. The smallest absolute Gasteiger partial charge is 0.0316 e. The van der Waals surface area contributed by atoms with Gasteiger partial charge in [0.15, 0.2) is 0 Å². The Morgan fingerprint density at radius 3 is 2.44 bits per heavy atom. The van der Waals surface area contributed by atoms with Gasteiger partial charge in [-0.05, 0) is 45.3 Å². The molecule has 2 unspecified atom stereocenters. The SMILES string of the molecule is Cc1cccc(C(C)N(C)CCC(N)C(C)C)c1. The van der Waals surface area contributed by atoms with Gasteiger partial charge in [-0.2, -0.15) is 0 Å². The molecule has 0 saturated heterocycles. The number of nitrogens with two attached hydrogens (primary N) is 1. The van der Waals surface area contributed by atoms with Gasteiger partial charge in [0.2, 0.25) is 0 Å². The summed E-state index contributed by atoms with van der Waals surface area (Å²) in [6.45, 7) is 9.83. The average molecular weight is 248 g/mol. The van der Waals surface area contributed by atoms with Crippen molar-refractivity contribution in [3.8, 4) is 0 Å². The summed E-state index contributed by atoms with van der Waals surface area (Å²) in [6.07, 6.45) is 1.06. The Kier molecular flexibility index (Phi) is 5.83. The van der Waals surface area contributed by atoms with Crippen LogP contribution < -0.4 is 5.73 Å². The summed E-state index contributed by atoms with van der Waals surface area (Å²) in [4.78, 5) is 2.39. The molecule has 0 heterocycles. The molecule has 1 rings (SSSR count). The van der Waals surface area contributed by atoms with Crippen LogP contribution in [0.25, 0.3) is 0 Å². The predicted molar refractivity (Wildman–Crippen MR) is 79.7 cm³/mol. The third-order valence-electron chi connectivity index (χ3n) is 3.86. The normalized spacial score (nSPS) is 15.1. The Morgan fingerprint density at radius 1 is 1.22 bits per heavy atom. The molecule has 0 aliphatic rings. The first-order valence-corrected chi connectivity index (χ1v) is 6.94. The minimum atomic E-state index is 0.303. The van der Waals surface area contributed by atoms with Crippen molar-refractivity contribution in [1.82, 2.24) is 4.90 Å². The van der Waals surface area contributed by atoms with Crippen molar-refractivity contribution >= 4 is 0 Å². The molecule has 1 aromatic carbocycles. The number of rotatable bonds is 6. The van der Waals surface area contributed by atoms with E-state index in [-0.39, 0.29) is 0 Å². The maximum absolute atomic E-state index is 6.10. The molecule has 18 heavy (non-hydrogen) atoms. The van der Waals surface area contributed by atoms with E-state index in [1.165, 1.54) is 11.1 Å². The molecule has 0 amide bonds.